The Kier molecular flexibility index (Phi) is 8.17. The summed E-state index contributed by atoms with van der Waals surface area (Å²) in [4.78, 5) is 6.98. The van der Waals surface area contributed by atoms with Crippen molar-refractivity contribution >= 4 is 16.0 Å². The number of nitrogens with zero attached hydrogens (tertiary/aromatic N) is 3. The average Bonchev–Trinajstić information content (AvgIpc) is 2.45. The molecule has 0 bridgehead atoms. The summed E-state index contributed by atoms with van der Waals surface area (Å²) >= 11 is 0. The van der Waals surface area contributed by atoms with Gasteiger partial charge in [-0.2, -0.15) is 0 Å². The lowest BCUT2D eigenvalue weighted by molar-refractivity contribution is 0.273. The van der Waals surface area contributed by atoms with Gasteiger partial charge < -0.3 is 10.2 Å². The van der Waals surface area contributed by atoms with E-state index in [1.807, 2.05) is 6.92 Å². The number of rotatable bonds is 7. The van der Waals surface area contributed by atoms with Crippen LogP contribution in [-0.4, -0.2) is 69.1 Å². The Morgan fingerprint density at radius 1 is 1.32 bits per heavy atom. The van der Waals surface area contributed by atoms with Gasteiger partial charge in [0.1, 0.15) is 0 Å². The number of nitrogens with one attached hydrogen (secondary N) is 1. The second-order valence-electron chi connectivity index (χ2n) is 6.01. The van der Waals surface area contributed by atoms with Crippen molar-refractivity contribution < 1.29 is 8.42 Å². The van der Waals surface area contributed by atoms with Crippen LogP contribution >= 0.6 is 0 Å². The third-order valence-corrected chi connectivity index (χ3v) is 5.45. The molecule has 1 rings (SSSR count). The van der Waals surface area contributed by atoms with Crippen LogP contribution in [0.3, 0.4) is 0 Å². The maximum absolute atomic E-state index is 11.5. The second-order valence-corrected chi connectivity index (χ2v) is 8.00. The lowest BCUT2D eigenvalue weighted by Crippen LogP contribution is -2.45. The van der Waals surface area contributed by atoms with Gasteiger partial charge in [-0.3, -0.25) is 4.99 Å². The highest BCUT2D eigenvalue weighted by Gasteiger charge is 2.18. The van der Waals surface area contributed by atoms with Crippen LogP contribution in [0.15, 0.2) is 4.99 Å². The highest BCUT2D eigenvalue weighted by molar-refractivity contribution is 7.88. The highest BCUT2D eigenvalue weighted by atomic mass is 32.2. The zero-order chi connectivity index (χ0) is 16.6. The summed E-state index contributed by atoms with van der Waals surface area (Å²) in [5.41, 5.74) is 0. The molecule has 22 heavy (non-hydrogen) atoms. The third kappa shape index (κ3) is 6.52. The normalized spacial score (nSPS) is 18.0. The quantitative estimate of drug-likeness (QED) is 0.434. The molecule has 0 saturated carbocycles. The lowest BCUT2D eigenvalue weighted by Gasteiger charge is -2.33. The second kappa shape index (κ2) is 9.35. The number of piperidine rings is 1. The van der Waals surface area contributed by atoms with Gasteiger partial charge in [-0.25, -0.2) is 12.7 Å². The summed E-state index contributed by atoms with van der Waals surface area (Å²) in [7, 11) is -3.09. The Balaban J connectivity index is 2.49. The van der Waals surface area contributed by atoms with Crippen LogP contribution < -0.4 is 5.32 Å². The van der Waals surface area contributed by atoms with Gasteiger partial charge in [-0.15, -0.1) is 0 Å². The molecule has 0 unspecified atom stereocenters. The van der Waals surface area contributed by atoms with E-state index in [0.717, 1.165) is 37.9 Å². The molecule has 1 saturated heterocycles. The largest absolute Gasteiger partial charge is 0.357 e. The van der Waals surface area contributed by atoms with Gasteiger partial charge in [0.05, 0.1) is 6.26 Å². The minimum absolute atomic E-state index is 0.520. The first-order valence-corrected chi connectivity index (χ1v) is 10.2. The number of sulfonamides is 1. The molecule has 0 amide bonds. The number of hydrogen-bond donors (Lipinski definition) is 1. The average molecular weight is 333 g/mol. The Labute approximate surface area is 136 Å². The van der Waals surface area contributed by atoms with Crippen LogP contribution in [0.5, 0.6) is 0 Å². The first-order chi connectivity index (χ1) is 10.4. The van der Waals surface area contributed by atoms with Crippen molar-refractivity contribution in [1.29, 1.82) is 0 Å². The number of aliphatic imine (C=N–C) groups is 1. The maximum atomic E-state index is 11.5. The molecule has 1 fully saturated rings. The van der Waals surface area contributed by atoms with E-state index in [-0.39, 0.29) is 0 Å². The minimum Gasteiger partial charge on any atom is -0.357 e. The molecule has 1 N–H and O–H groups in total. The van der Waals surface area contributed by atoms with Gasteiger partial charge >= 0.3 is 0 Å². The molecule has 0 atom stereocenters. The van der Waals surface area contributed by atoms with E-state index in [0.29, 0.717) is 19.6 Å². The summed E-state index contributed by atoms with van der Waals surface area (Å²) < 4.78 is 24.6. The van der Waals surface area contributed by atoms with Crippen molar-refractivity contribution in [1.82, 2.24) is 14.5 Å². The predicted molar refractivity (Wildman–Crippen MR) is 92.7 cm³/mol. The molecule has 130 valence electrons. The van der Waals surface area contributed by atoms with Crippen LogP contribution in [0, 0.1) is 5.92 Å². The molecule has 0 aromatic rings. The third-order valence-electron chi connectivity index (χ3n) is 4.07. The molecule has 0 aliphatic carbocycles. The standard InChI is InChI=1S/C15H32N4O2S/c1-5-16-15(18-12-8-14(3)9-13-18)17-10-7-11-19(6-2)22(4,20)21/h14H,5-13H2,1-4H3,(H,16,17). The Hall–Kier alpha value is -0.820. The molecule has 0 aromatic heterocycles. The van der Waals surface area contributed by atoms with Crippen LogP contribution in [0.2, 0.25) is 0 Å². The zero-order valence-corrected chi connectivity index (χ0v) is 15.3. The van der Waals surface area contributed by atoms with E-state index in [4.69, 9.17) is 0 Å². The van der Waals surface area contributed by atoms with Crippen molar-refractivity contribution in [2.24, 2.45) is 10.9 Å². The van der Waals surface area contributed by atoms with Gasteiger partial charge in [0.2, 0.25) is 10.0 Å². The molecule has 0 radical (unpaired) electrons. The van der Waals surface area contributed by atoms with E-state index in [2.05, 4.69) is 29.1 Å². The number of likely N-dealkylation sites (tertiary alicyclic amines) is 1. The molecule has 0 aromatic carbocycles. The number of guanidine groups is 1. The zero-order valence-electron chi connectivity index (χ0n) is 14.5. The van der Waals surface area contributed by atoms with Gasteiger partial charge in [-0.1, -0.05) is 13.8 Å². The van der Waals surface area contributed by atoms with E-state index in [1.54, 1.807) is 0 Å². The molecule has 1 heterocycles. The summed E-state index contributed by atoms with van der Waals surface area (Å²) in [6.45, 7) is 10.9. The van der Waals surface area contributed by atoms with Crippen LogP contribution in [0.1, 0.15) is 40.0 Å². The Morgan fingerprint density at radius 3 is 2.45 bits per heavy atom. The fourth-order valence-corrected chi connectivity index (χ4v) is 3.57. The topological polar surface area (TPSA) is 65.0 Å². The molecule has 7 heteroatoms. The maximum Gasteiger partial charge on any atom is 0.211 e. The monoisotopic (exact) mass is 332 g/mol. The van der Waals surface area contributed by atoms with Crippen LogP contribution in [-0.2, 0) is 10.0 Å². The van der Waals surface area contributed by atoms with Crippen LogP contribution in [0.25, 0.3) is 0 Å². The Bertz CT molecular complexity index is 442. The van der Waals surface area contributed by atoms with E-state index in [9.17, 15) is 8.42 Å². The molecule has 6 nitrogen and oxygen atoms in total. The van der Waals surface area contributed by atoms with Crippen molar-refractivity contribution in [3.8, 4) is 0 Å². The van der Waals surface area contributed by atoms with Crippen molar-refractivity contribution in [3.63, 3.8) is 0 Å². The number of hydrogen-bond acceptors (Lipinski definition) is 3. The van der Waals surface area contributed by atoms with Gasteiger partial charge in [0.15, 0.2) is 5.96 Å². The van der Waals surface area contributed by atoms with Crippen molar-refractivity contribution in [2.75, 3.05) is 45.5 Å². The van der Waals surface area contributed by atoms with Gasteiger partial charge in [0, 0.05) is 39.3 Å². The fraction of sp³-hybridized carbons (Fsp3) is 0.933. The summed E-state index contributed by atoms with van der Waals surface area (Å²) in [6.07, 6.45) is 4.43. The Morgan fingerprint density at radius 2 is 1.95 bits per heavy atom. The summed E-state index contributed by atoms with van der Waals surface area (Å²) in [6, 6.07) is 0. The molecule has 1 aliphatic heterocycles. The van der Waals surface area contributed by atoms with Crippen LogP contribution in [0.4, 0.5) is 0 Å². The van der Waals surface area contributed by atoms with E-state index >= 15 is 0 Å². The predicted octanol–water partition coefficient (Wildman–Crippen LogP) is 1.36. The molecular weight excluding hydrogens is 300 g/mol. The first kappa shape index (κ1) is 19.2. The molecule has 1 aliphatic rings. The van der Waals surface area contributed by atoms with E-state index < -0.39 is 10.0 Å². The summed E-state index contributed by atoms with van der Waals surface area (Å²) in [5, 5.41) is 3.34. The molecule has 0 spiro atoms. The van der Waals surface area contributed by atoms with E-state index in [1.165, 1.54) is 23.4 Å². The SMILES string of the molecule is CCNC(=NCCCN(CC)S(C)(=O)=O)N1CCC(C)CC1. The van der Waals surface area contributed by atoms with Gasteiger partial charge in [0.25, 0.3) is 0 Å². The smallest absolute Gasteiger partial charge is 0.211 e. The highest BCUT2D eigenvalue weighted by Crippen LogP contribution is 2.15. The van der Waals surface area contributed by atoms with Crippen molar-refractivity contribution in [3.05, 3.63) is 0 Å². The lowest BCUT2D eigenvalue weighted by atomic mass is 10.00. The first-order valence-electron chi connectivity index (χ1n) is 8.36. The minimum atomic E-state index is -3.09. The fourth-order valence-electron chi connectivity index (χ4n) is 2.64. The molecular formula is C15H32N4O2S. The summed E-state index contributed by atoms with van der Waals surface area (Å²) in [5.74, 6) is 1.77. The van der Waals surface area contributed by atoms with Crippen molar-refractivity contribution in [2.45, 2.75) is 40.0 Å². The van der Waals surface area contributed by atoms with Gasteiger partial charge in [-0.05, 0) is 32.1 Å².